The normalized spacial score (nSPS) is 22.7. The van der Waals surface area contributed by atoms with Crippen LogP contribution < -0.4 is 0 Å². The summed E-state index contributed by atoms with van der Waals surface area (Å²) >= 11 is 0. The maximum atomic E-state index is 8.81. The van der Waals surface area contributed by atoms with Crippen LogP contribution in [0.2, 0.25) is 0 Å². The molecular weight excluding hydrogens is 244 g/mol. The van der Waals surface area contributed by atoms with E-state index < -0.39 is 0 Å². The molecule has 0 heterocycles. The lowest BCUT2D eigenvalue weighted by molar-refractivity contribution is 0.376. The zero-order valence-corrected chi connectivity index (χ0v) is 11.5. The molecule has 100 valence electrons. The molecule has 0 bridgehead atoms. The first-order valence-electron chi connectivity index (χ1n) is 7.06. The molecule has 1 saturated carbocycles. The third-order valence-electron chi connectivity index (χ3n) is 3.95. The molecule has 1 aliphatic carbocycles. The summed E-state index contributed by atoms with van der Waals surface area (Å²) in [7, 11) is 0. The van der Waals surface area contributed by atoms with Gasteiger partial charge in [-0.1, -0.05) is 30.4 Å². The molecular formula is C18H18N2. The number of benzene rings is 1. The van der Waals surface area contributed by atoms with Crippen LogP contribution in [-0.4, -0.2) is 0 Å². The van der Waals surface area contributed by atoms with E-state index in [1.165, 1.54) is 37.3 Å². The van der Waals surface area contributed by atoms with Crippen molar-refractivity contribution in [2.45, 2.75) is 31.6 Å². The van der Waals surface area contributed by atoms with Gasteiger partial charge in [0.05, 0.1) is 17.7 Å². The Morgan fingerprint density at radius 1 is 0.950 bits per heavy atom. The highest BCUT2D eigenvalue weighted by Gasteiger charge is 2.20. The standard InChI is InChI=1S/C18H18N2/c19-13-3-1-2-4-15-5-9-17(10-6-15)18-11-7-16(14-20)8-12-18/h1-4,7-8,11-12,15,17H,5-6,9-10H2/b3-1+,4-2+/t15-,17-. The van der Waals surface area contributed by atoms with Crippen molar-refractivity contribution in [3.05, 3.63) is 59.7 Å². The molecule has 0 N–H and O–H groups in total. The number of nitriles is 2. The maximum absolute atomic E-state index is 8.81. The minimum atomic E-state index is 0.627. The van der Waals surface area contributed by atoms with E-state index in [-0.39, 0.29) is 0 Å². The highest BCUT2D eigenvalue weighted by atomic mass is 14.3. The largest absolute Gasteiger partial charge is 0.193 e. The molecule has 1 aliphatic rings. The van der Waals surface area contributed by atoms with Crippen molar-refractivity contribution in [1.82, 2.24) is 0 Å². The Hall–Kier alpha value is -2.32. The van der Waals surface area contributed by atoms with Crippen molar-refractivity contribution in [3.63, 3.8) is 0 Å². The van der Waals surface area contributed by atoms with E-state index in [0.717, 1.165) is 5.56 Å². The Morgan fingerprint density at radius 2 is 1.65 bits per heavy atom. The smallest absolute Gasteiger partial charge is 0.0991 e. The quantitative estimate of drug-likeness (QED) is 0.596. The summed E-state index contributed by atoms with van der Waals surface area (Å²) in [6.07, 6.45) is 12.3. The first kappa shape index (κ1) is 14.1. The molecule has 2 heteroatoms. The van der Waals surface area contributed by atoms with Gasteiger partial charge in [-0.25, -0.2) is 0 Å². The summed E-state index contributed by atoms with van der Waals surface area (Å²) in [6, 6.07) is 12.2. The summed E-state index contributed by atoms with van der Waals surface area (Å²) in [5, 5.41) is 17.2. The monoisotopic (exact) mass is 262 g/mol. The first-order valence-corrected chi connectivity index (χ1v) is 7.06. The zero-order valence-electron chi connectivity index (χ0n) is 11.5. The Bertz CT molecular complexity index is 559. The molecule has 1 fully saturated rings. The van der Waals surface area contributed by atoms with Crippen molar-refractivity contribution in [1.29, 1.82) is 10.5 Å². The van der Waals surface area contributed by atoms with Gasteiger partial charge < -0.3 is 0 Å². The summed E-state index contributed by atoms with van der Waals surface area (Å²) in [5.41, 5.74) is 2.09. The molecule has 0 aromatic heterocycles. The van der Waals surface area contributed by atoms with E-state index >= 15 is 0 Å². The Morgan fingerprint density at radius 3 is 2.25 bits per heavy atom. The number of hydrogen-bond donors (Lipinski definition) is 0. The van der Waals surface area contributed by atoms with Crippen LogP contribution in [0.25, 0.3) is 0 Å². The van der Waals surface area contributed by atoms with Crippen molar-refractivity contribution < 1.29 is 0 Å². The highest BCUT2D eigenvalue weighted by molar-refractivity contribution is 5.33. The van der Waals surface area contributed by atoms with Crippen molar-refractivity contribution in [2.24, 2.45) is 5.92 Å². The van der Waals surface area contributed by atoms with Gasteiger partial charge in [-0.15, -0.1) is 0 Å². The Balaban J connectivity index is 1.88. The van der Waals surface area contributed by atoms with Gasteiger partial charge in [0.2, 0.25) is 0 Å². The lowest BCUT2D eigenvalue weighted by atomic mass is 9.78. The predicted molar refractivity (Wildman–Crippen MR) is 79.7 cm³/mol. The molecule has 2 nitrogen and oxygen atoms in total. The second-order valence-corrected chi connectivity index (χ2v) is 5.22. The van der Waals surface area contributed by atoms with E-state index in [1.54, 1.807) is 6.08 Å². The van der Waals surface area contributed by atoms with Crippen molar-refractivity contribution in [3.8, 4) is 12.1 Å². The lowest BCUT2D eigenvalue weighted by Crippen LogP contribution is -2.11. The second kappa shape index (κ2) is 7.31. The van der Waals surface area contributed by atoms with E-state index in [0.29, 0.717) is 11.8 Å². The fourth-order valence-electron chi connectivity index (χ4n) is 2.79. The van der Waals surface area contributed by atoms with Crippen LogP contribution in [0.1, 0.15) is 42.7 Å². The summed E-state index contributed by atoms with van der Waals surface area (Å²) in [6.45, 7) is 0. The minimum absolute atomic E-state index is 0.627. The van der Waals surface area contributed by atoms with Crippen LogP contribution in [0, 0.1) is 28.6 Å². The van der Waals surface area contributed by atoms with Gasteiger partial charge in [0, 0.05) is 6.08 Å². The summed E-state index contributed by atoms with van der Waals surface area (Å²) in [4.78, 5) is 0. The molecule has 0 atom stereocenters. The molecule has 0 saturated heterocycles. The van der Waals surface area contributed by atoms with Crippen LogP contribution in [0.3, 0.4) is 0 Å². The van der Waals surface area contributed by atoms with Crippen LogP contribution in [-0.2, 0) is 0 Å². The maximum Gasteiger partial charge on any atom is 0.0991 e. The fourth-order valence-corrected chi connectivity index (χ4v) is 2.79. The molecule has 0 spiro atoms. The van der Waals surface area contributed by atoms with Gasteiger partial charge in [0.15, 0.2) is 0 Å². The topological polar surface area (TPSA) is 47.6 Å². The Labute approximate surface area is 120 Å². The van der Waals surface area contributed by atoms with Crippen molar-refractivity contribution >= 4 is 0 Å². The van der Waals surface area contributed by atoms with Gasteiger partial charge >= 0.3 is 0 Å². The van der Waals surface area contributed by atoms with Gasteiger partial charge in [0.25, 0.3) is 0 Å². The summed E-state index contributed by atoms with van der Waals surface area (Å²) < 4.78 is 0. The molecule has 0 radical (unpaired) electrons. The third-order valence-corrected chi connectivity index (χ3v) is 3.95. The SMILES string of the molecule is N#C/C=C/C=C/[C@H]1CC[C@H](c2ccc(C#N)cc2)CC1. The van der Waals surface area contributed by atoms with Gasteiger partial charge in [-0.3, -0.25) is 0 Å². The second-order valence-electron chi connectivity index (χ2n) is 5.22. The van der Waals surface area contributed by atoms with Crippen LogP contribution >= 0.6 is 0 Å². The molecule has 0 aliphatic heterocycles. The average Bonchev–Trinajstić information content (AvgIpc) is 2.52. The highest BCUT2D eigenvalue weighted by Crippen LogP contribution is 2.36. The van der Waals surface area contributed by atoms with Crippen molar-refractivity contribution in [2.75, 3.05) is 0 Å². The first-order chi connectivity index (χ1) is 9.83. The zero-order chi connectivity index (χ0) is 14.2. The van der Waals surface area contributed by atoms with E-state index in [4.69, 9.17) is 10.5 Å². The van der Waals surface area contributed by atoms with Gasteiger partial charge in [0.1, 0.15) is 0 Å². The van der Waals surface area contributed by atoms with Gasteiger partial charge in [-0.05, 0) is 55.2 Å². The minimum Gasteiger partial charge on any atom is -0.193 e. The number of nitrogens with zero attached hydrogens (tertiary/aromatic N) is 2. The number of hydrogen-bond acceptors (Lipinski definition) is 2. The molecule has 0 amide bonds. The van der Waals surface area contributed by atoms with Crippen LogP contribution in [0.5, 0.6) is 0 Å². The average molecular weight is 262 g/mol. The fraction of sp³-hybridized carbons (Fsp3) is 0.333. The lowest BCUT2D eigenvalue weighted by Gasteiger charge is -2.27. The van der Waals surface area contributed by atoms with Crippen LogP contribution in [0.4, 0.5) is 0 Å². The third kappa shape index (κ3) is 3.84. The summed E-state index contributed by atoms with van der Waals surface area (Å²) in [5.74, 6) is 1.26. The van der Waals surface area contributed by atoms with E-state index in [2.05, 4.69) is 24.3 Å². The van der Waals surface area contributed by atoms with E-state index in [1.807, 2.05) is 24.3 Å². The van der Waals surface area contributed by atoms with E-state index in [9.17, 15) is 0 Å². The van der Waals surface area contributed by atoms with Crippen LogP contribution in [0.15, 0.2) is 48.6 Å². The Kier molecular flexibility index (Phi) is 5.15. The molecule has 2 rings (SSSR count). The molecule has 0 unspecified atom stereocenters. The predicted octanol–water partition coefficient (Wildman–Crippen LogP) is 4.47. The number of allylic oxidation sites excluding steroid dienone is 4. The number of rotatable bonds is 3. The molecule has 1 aromatic carbocycles. The molecule has 20 heavy (non-hydrogen) atoms. The molecule has 1 aromatic rings. The van der Waals surface area contributed by atoms with Gasteiger partial charge in [-0.2, -0.15) is 10.5 Å².